The van der Waals surface area contributed by atoms with Gasteiger partial charge in [-0.3, -0.25) is 4.57 Å². The molecule has 0 amide bonds. The van der Waals surface area contributed by atoms with Crippen LogP contribution in [-0.4, -0.2) is 18.9 Å². The zero-order valence-electron chi connectivity index (χ0n) is 6.66. The van der Waals surface area contributed by atoms with E-state index in [-0.39, 0.29) is 12.2 Å². The van der Waals surface area contributed by atoms with Crippen molar-refractivity contribution in [1.29, 1.82) is 0 Å². The predicted molar refractivity (Wildman–Crippen MR) is 41.7 cm³/mol. The Balaban J connectivity index is 2.09. The standard InChI is InChI=1S/C7H13O3P/c1-11(8)9-6-4-2-3-5-7(6)10-11/h6-7H,2-5H2,1H3. The number of rotatable bonds is 0. The average molecular weight is 176 g/mol. The van der Waals surface area contributed by atoms with Gasteiger partial charge in [-0.25, -0.2) is 0 Å². The molecule has 1 aliphatic heterocycles. The largest absolute Gasteiger partial charge is 0.328 e. The van der Waals surface area contributed by atoms with Gasteiger partial charge < -0.3 is 9.05 Å². The van der Waals surface area contributed by atoms with Gasteiger partial charge in [-0.1, -0.05) is 12.8 Å². The van der Waals surface area contributed by atoms with E-state index in [9.17, 15) is 4.57 Å². The minimum atomic E-state index is -2.65. The lowest BCUT2D eigenvalue weighted by molar-refractivity contribution is 0.110. The molecule has 0 aromatic heterocycles. The maximum Gasteiger partial charge on any atom is 0.328 e. The summed E-state index contributed by atoms with van der Waals surface area (Å²) >= 11 is 0. The summed E-state index contributed by atoms with van der Waals surface area (Å²) in [5, 5.41) is 0. The lowest BCUT2D eigenvalue weighted by Crippen LogP contribution is -2.25. The van der Waals surface area contributed by atoms with Gasteiger partial charge in [-0.05, 0) is 12.8 Å². The molecule has 1 aliphatic carbocycles. The Morgan fingerprint density at radius 2 is 1.64 bits per heavy atom. The maximum atomic E-state index is 11.3. The Hall–Kier alpha value is 0.150. The number of fused-ring (bicyclic) bond motifs is 1. The van der Waals surface area contributed by atoms with Gasteiger partial charge in [0.25, 0.3) is 0 Å². The first-order chi connectivity index (χ1) is 5.17. The third-order valence-electron chi connectivity index (χ3n) is 2.30. The van der Waals surface area contributed by atoms with E-state index in [1.54, 1.807) is 6.66 Å². The highest BCUT2D eigenvalue weighted by Gasteiger charge is 2.41. The first-order valence-electron chi connectivity index (χ1n) is 4.12. The Morgan fingerprint density at radius 1 is 1.18 bits per heavy atom. The van der Waals surface area contributed by atoms with Crippen LogP contribution in [0.15, 0.2) is 0 Å². The van der Waals surface area contributed by atoms with Gasteiger partial charge in [0.2, 0.25) is 0 Å². The summed E-state index contributed by atoms with van der Waals surface area (Å²) < 4.78 is 21.9. The predicted octanol–water partition coefficient (Wildman–Crippen LogP) is 2.17. The fourth-order valence-corrected chi connectivity index (χ4v) is 3.34. The fourth-order valence-electron chi connectivity index (χ4n) is 1.82. The Bertz CT molecular complexity index is 186. The molecule has 1 heterocycles. The van der Waals surface area contributed by atoms with Crippen molar-refractivity contribution in [3.05, 3.63) is 0 Å². The van der Waals surface area contributed by atoms with E-state index in [0.29, 0.717) is 0 Å². The zero-order chi connectivity index (χ0) is 7.90. The summed E-state index contributed by atoms with van der Waals surface area (Å²) in [6.07, 6.45) is 4.65. The molecule has 64 valence electrons. The van der Waals surface area contributed by atoms with Crippen molar-refractivity contribution in [1.82, 2.24) is 0 Å². The van der Waals surface area contributed by atoms with Crippen molar-refractivity contribution < 1.29 is 13.6 Å². The van der Waals surface area contributed by atoms with Crippen LogP contribution < -0.4 is 0 Å². The van der Waals surface area contributed by atoms with Gasteiger partial charge in [0.1, 0.15) is 0 Å². The second kappa shape index (κ2) is 2.58. The molecule has 2 aliphatic rings. The summed E-state index contributed by atoms with van der Waals surface area (Å²) in [7, 11) is -2.65. The SMILES string of the molecule is CP1(=O)OC2CCCCC2O1. The highest BCUT2D eigenvalue weighted by Crippen LogP contribution is 2.55. The zero-order valence-corrected chi connectivity index (χ0v) is 7.55. The molecule has 0 aromatic carbocycles. The summed E-state index contributed by atoms with van der Waals surface area (Å²) in [6, 6.07) is 0. The molecule has 2 fully saturated rings. The van der Waals surface area contributed by atoms with Gasteiger partial charge in [-0.15, -0.1) is 0 Å². The minimum absolute atomic E-state index is 0.125. The summed E-state index contributed by atoms with van der Waals surface area (Å²) in [5.74, 6) is 0. The molecule has 0 bridgehead atoms. The van der Waals surface area contributed by atoms with Crippen LogP contribution in [0.1, 0.15) is 25.7 Å². The van der Waals surface area contributed by atoms with Crippen LogP contribution in [0.3, 0.4) is 0 Å². The monoisotopic (exact) mass is 176 g/mol. The average Bonchev–Trinajstić information content (AvgIpc) is 2.21. The first kappa shape index (κ1) is 7.78. The van der Waals surface area contributed by atoms with Gasteiger partial charge in [0, 0.05) is 6.66 Å². The van der Waals surface area contributed by atoms with Crippen LogP contribution in [0, 0.1) is 0 Å². The normalized spacial score (nSPS) is 50.6. The lowest BCUT2D eigenvalue weighted by Gasteiger charge is -2.20. The quantitative estimate of drug-likeness (QED) is 0.530. The molecule has 0 N–H and O–H groups in total. The molecular formula is C7H13O3P. The Kier molecular flexibility index (Phi) is 1.82. The third-order valence-corrected chi connectivity index (χ3v) is 3.60. The molecule has 2 rings (SSSR count). The second-order valence-corrected chi connectivity index (χ2v) is 5.31. The number of hydrogen-bond acceptors (Lipinski definition) is 3. The van der Waals surface area contributed by atoms with E-state index < -0.39 is 7.60 Å². The Morgan fingerprint density at radius 3 is 2.09 bits per heavy atom. The van der Waals surface area contributed by atoms with Crippen molar-refractivity contribution in [2.45, 2.75) is 37.9 Å². The highest BCUT2D eigenvalue weighted by atomic mass is 31.2. The molecule has 1 saturated carbocycles. The fraction of sp³-hybridized carbons (Fsp3) is 1.00. The topological polar surface area (TPSA) is 35.5 Å². The van der Waals surface area contributed by atoms with Crippen molar-refractivity contribution in [3.8, 4) is 0 Å². The van der Waals surface area contributed by atoms with E-state index >= 15 is 0 Å². The van der Waals surface area contributed by atoms with Crippen LogP contribution in [0.4, 0.5) is 0 Å². The first-order valence-corrected chi connectivity index (χ1v) is 6.11. The molecule has 2 unspecified atom stereocenters. The van der Waals surface area contributed by atoms with Gasteiger partial charge in [0.05, 0.1) is 12.2 Å². The highest BCUT2D eigenvalue weighted by molar-refractivity contribution is 7.53. The molecule has 2 atom stereocenters. The molecular weight excluding hydrogens is 163 g/mol. The summed E-state index contributed by atoms with van der Waals surface area (Å²) in [5.41, 5.74) is 0. The van der Waals surface area contributed by atoms with Gasteiger partial charge >= 0.3 is 7.60 Å². The third kappa shape index (κ3) is 1.51. The van der Waals surface area contributed by atoms with Crippen molar-refractivity contribution in [2.24, 2.45) is 0 Å². The van der Waals surface area contributed by atoms with Crippen LogP contribution in [0.2, 0.25) is 0 Å². The van der Waals surface area contributed by atoms with E-state index in [4.69, 9.17) is 9.05 Å². The summed E-state index contributed by atoms with van der Waals surface area (Å²) in [4.78, 5) is 0. The molecule has 1 saturated heterocycles. The molecule has 11 heavy (non-hydrogen) atoms. The Labute approximate surface area is 66.6 Å². The number of hydrogen-bond donors (Lipinski definition) is 0. The van der Waals surface area contributed by atoms with E-state index in [0.717, 1.165) is 12.8 Å². The maximum absolute atomic E-state index is 11.3. The minimum Gasteiger partial charge on any atom is -0.303 e. The van der Waals surface area contributed by atoms with Crippen LogP contribution in [0.25, 0.3) is 0 Å². The molecule has 4 heteroatoms. The smallest absolute Gasteiger partial charge is 0.303 e. The van der Waals surface area contributed by atoms with Crippen molar-refractivity contribution in [2.75, 3.05) is 6.66 Å². The van der Waals surface area contributed by atoms with Crippen molar-refractivity contribution >= 4 is 7.60 Å². The van der Waals surface area contributed by atoms with Gasteiger partial charge in [-0.2, -0.15) is 0 Å². The van der Waals surface area contributed by atoms with E-state index in [1.165, 1.54) is 12.8 Å². The molecule has 3 nitrogen and oxygen atoms in total. The van der Waals surface area contributed by atoms with Crippen molar-refractivity contribution in [3.63, 3.8) is 0 Å². The second-order valence-electron chi connectivity index (χ2n) is 3.34. The van der Waals surface area contributed by atoms with Crippen LogP contribution in [0.5, 0.6) is 0 Å². The van der Waals surface area contributed by atoms with E-state index in [1.807, 2.05) is 0 Å². The molecule has 0 radical (unpaired) electrons. The van der Waals surface area contributed by atoms with Gasteiger partial charge in [0.15, 0.2) is 0 Å². The molecule has 0 spiro atoms. The summed E-state index contributed by atoms with van der Waals surface area (Å²) in [6.45, 7) is 1.56. The lowest BCUT2D eigenvalue weighted by atomic mass is 9.95. The van der Waals surface area contributed by atoms with E-state index in [2.05, 4.69) is 0 Å². The molecule has 0 aromatic rings. The van der Waals surface area contributed by atoms with Crippen LogP contribution in [-0.2, 0) is 13.6 Å². The van der Waals surface area contributed by atoms with Crippen LogP contribution >= 0.6 is 7.60 Å².